The molecule has 1 unspecified atom stereocenters. The van der Waals surface area contributed by atoms with E-state index in [1.54, 1.807) is 18.4 Å². The molecule has 6 nitrogen and oxygen atoms in total. The minimum absolute atomic E-state index is 0.0754. The van der Waals surface area contributed by atoms with Gasteiger partial charge in [-0.05, 0) is 42.0 Å². The maximum Gasteiger partial charge on any atom is 0.245 e. The monoisotopic (exact) mass is 427 g/mol. The lowest BCUT2D eigenvalue weighted by molar-refractivity contribution is -0.144. The highest BCUT2D eigenvalue weighted by Crippen LogP contribution is 2.23. The predicted octanol–water partition coefficient (Wildman–Crippen LogP) is 2.63. The summed E-state index contributed by atoms with van der Waals surface area (Å²) in [5, 5.41) is 1.99. The first-order chi connectivity index (χ1) is 14.6. The normalized spacial score (nSPS) is 19.8. The number of methoxy groups -OCH3 is 1. The molecule has 7 heteroatoms. The van der Waals surface area contributed by atoms with Gasteiger partial charge in [0, 0.05) is 44.1 Å². The number of thiophene rings is 1. The summed E-state index contributed by atoms with van der Waals surface area (Å²) in [6.07, 6.45) is 2.09. The molecule has 2 fully saturated rings. The highest BCUT2D eigenvalue weighted by molar-refractivity contribution is 7.10. The summed E-state index contributed by atoms with van der Waals surface area (Å²) >= 11 is 1.60. The minimum atomic E-state index is -0.286. The number of nitrogens with zero attached hydrogens (tertiary/aromatic N) is 3. The van der Waals surface area contributed by atoms with Crippen molar-refractivity contribution in [3.8, 4) is 5.75 Å². The minimum Gasteiger partial charge on any atom is -0.497 e. The maximum atomic E-state index is 13.2. The zero-order chi connectivity index (χ0) is 20.9. The maximum absolute atomic E-state index is 13.2. The smallest absolute Gasteiger partial charge is 0.245 e. The van der Waals surface area contributed by atoms with Crippen LogP contribution in [0.4, 0.5) is 0 Å². The highest BCUT2D eigenvalue weighted by Gasteiger charge is 2.37. The molecule has 0 spiro atoms. The Morgan fingerprint density at radius 3 is 2.50 bits per heavy atom. The fraction of sp³-hybridized carbons (Fsp3) is 0.478. The fourth-order valence-electron chi connectivity index (χ4n) is 4.31. The van der Waals surface area contributed by atoms with Crippen molar-refractivity contribution in [2.24, 2.45) is 0 Å². The number of amides is 2. The molecule has 0 aliphatic carbocycles. The summed E-state index contributed by atoms with van der Waals surface area (Å²) in [6, 6.07) is 11.8. The van der Waals surface area contributed by atoms with E-state index in [4.69, 9.17) is 4.74 Å². The average Bonchev–Trinajstić information content (AvgIpc) is 3.46. The second-order valence-electron chi connectivity index (χ2n) is 7.95. The van der Waals surface area contributed by atoms with Crippen LogP contribution in [0.15, 0.2) is 41.8 Å². The molecule has 1 aromatic heterocycles. The van der Waals surface area contributed by atoms with Gasteiger partial charge in [-0.25, -0.2) is 0 Å². The quantitative estimate of drug-likeness (QED) is 0.711. The number of carbonyl (C=O) groups excluding carboxylic acids is 2. The summed E-state index contributed by atoms with van der Waals surface area (Å²) in [6.45, 7) is 4.72. The molecule has 2 saturated heterocycles. The molecule has 2 aromatic rings. The molecule has 3 heterocycles. The first-order valence-electron chi connectivity index (χ1n) is 10.6. The number of rotatable bonds is 6. The largest absolute Gasteiger partial charge is 0.497 e. The van der Waals surface area contributed by atoms with E-state index in [-0.39, 0.29) is 17.9 Å². The third-order valence-corrected chi connectivity index (χ3v) is 6.89. The predicted molar refractivity (Wildman–Crippen MR) is 118 cm³/mol. The lowest BCUT2D eigenvalue weighted by Gasteiger charge is -2.37. The summed E-state index contributed by atoms with van der Waals surface area (Å²) in [5.74, 6) is 1.06. The van der Waals surface area contributed by atoms with E-state index in [2.05, 4.69) is 17.0 Å². The molecule has 1 aromatic carbocycles. The topological polar surface area (TPSA) is 53.1 Å². The van der Waals surface area contributed by atoms with Gasteiger partial charge in [0.25, 0.3) is 0 Å². The van der Waals surface area contributed by atoms with Gasteiger partial charge in [-0.3, -0.25) is 14.5 Å². The fourth-order valence-corrected chi connectivity index (χ4v) is 5.01. The van der Waals surface area contributed by atoms with Gasteiger partial charge >= 0.3 is 0 Å². The number of likely N-dealkylation sites (tertiary alicyclic amines) is 1. The van der Waals surface area contributed by atoms with E-state index in [0.29, 0.717) is 13.0 Å². The molecule has 0 bridgehead atoms. The van der Waals surface area contributed by atoms with Gasteiger partial charge in [0.1, 0.15) is 11.8 Å². The zero-order valence-corrected chi connectivity index (χ0v) is 18.3. The zero-order valence-electron chi connectivity index (χ0n) is 17.5. The molecule has 1 atom stereocenters. The van der Waals surface area contributed by atoms with Crippen LogP contribution in [-0.2, 0) is 22.6 Å². The van der Waals surface area contributed by atoms with Crippen molar-refractivity contribution >= 4 is 23.2 Å². The Kier molecular flexibility index (Phi) is 6.69. The Morgan fingerprint density at radius 1 is 1.07 bits per heavy atom. The molecule has 0 saturated carbocycles. The Hall–Kier alpha value is -2.38. The van der Waals surface area contributed by atoms with Crippen LogP contribution in [0.2, 0.25) is 0 Å². The summed E-state index contributed by atoms with van der Waals surface area (Å²) in [5.41, 5.74) is 1.25. The van der Waals surface area contributed by atoms with Crippen molar-refractivity contribution in [1.29, 1.82) is 0 Å². The van der Waals surface area contributed by atoms with Crippen LogP contribution in [0.3, 0.4) is 0 Å². The number of hydrogen-bond donors (Lipinski definition) is 0. The molecule has 2 aliphatic rings. The molecule has 4 rings (SSSR count). The van der Waals surface area contributed by atoms with Gasteiger partial charge in [0.15, 0.2) is 0 Å². The van der Waals surface area contributed by atoms with Crippen LogP contribution in [0.25, 0.3) is 0 Å². The summed E-state index contributed by atoms with van der Waals surface area (Å²) in [7, 11) is 1.67. The Labute approximate surface area is 182 Å². The SMILES string of the molecule is COc1ccc(CN2CCN(C(=O)C3CCCN3C(=O)Cc3cccs3)CC2)cc1. The third kappa shape index (κ3) is 4.84. The van der Waals surface area contributed by atoms with E-state index >= 15 is 0 Å². The Balaban J connectivity index is 1.29. The van der Waals surface area contributed by atoms with Crippen molar-refractivity contribution < 1.29 is 14.3 Å². The van der Waals surface area contributed by atoms with Gasteiger partial charge in [0.05, 0.1) is 13.5 Å². The van der Waals surface area contributed by atoms with E-state index < -0.39 is 0 Å². The lowest BCUT2D eigenvalue weighted by Crippen LogP contribution is -2.54. The van der Waals surface area contributed by atoms with Crippen LogP contribution in [0.1, 0.15) is 23.3 Å². The second kappa shape index (κ2) is 9.62. The van der Waals surface area contributed by atoms with Crippen molar-refractivity contribution in [3.05, 3.63) is 52.2 Å². The van der Waals surface area contributed by atoms with Crippen molar-refractivity contribution in [1.82, 2.24) is 14.7 Å². The number of piperazine rings is 1. The number of hydrogen-bond acceptors (Lipinski definition) is 5. The molecular formula is C23H29N3O3S. The van der Waals surface area contributed by atoms with Gasteiger partial charge in [-0.1, -0.05) is 18.2 Å². The van der Waals surface area contributed by atoms with Crippen molar-refractivity contribution in [3.63, 3.8) is 0 Å². The average molecular weight is 428 g/mol. The molecule has 160 valence electrons. The lowest BCUT2D eigenvalue weighted by atomic mass is 10.1. The van der Waals surface area contributed by atoms with Gasteiger partial charge in [-0.15, -0.1) is 11.3 Å². The second-order valence-corrected chi connectivity index (χ2v) is 8.98. The standard InChI is InChI=1S/C23H29N3O3S/c1-29-19-8-6-18(7-9-19)17-24-11-13-25(14-12-24)23(28)21-5-2-10-26(21)22(27)16-20-4-3-15-30-20/h3-4,6-9,15,21H,2,5,10-14,16-17H2,1H3. The van der Waals surface area contributed by atoms with E-state index in [0.717, 1.165) is 56.2 Å². The van der Waals surface area contributed by atoms with Crippen LogP contribution in [0, 0.1) is 0 Å². The molecule has 2 amide bonds. The Morgan fingerprint density at radius 2 is 1.83 bits per heavy atom. The molecule has 0 N–H and O–H groups in total. The van der Waals surface area contributed by atoms with E-state index in [9.17, 15) is 9.59 Å². The first-order valence-corrected chi connectivity index (χ1v) is 11.5. The number of carbonyl (C=O) groups is 2. The van der Waals surface area contributed by atoms with E-state index in [1.807, 2.05) is 39.4 Å². The van der Waals surface area contributed by atoms with Gasteiger partial charge in [-0.2, -0.15) is 0 Å². The van der Waals surface area contributed by atoms with Crippen LogP contribution in [-0.4, -0.2) is 72.4 Å². The van der Waals surface area contributed by atoms with Crippen LogP contribution >= 0.6 is 11.3 Å². The van der Waals surface area contributed by atoms with Crippen LogP contribution in [0.5, 0.6) is 5.75 Å². The van der Waals surface area contributed by atoms with E-state index in [1.165, 1.54) is 5.56 Å². The third-order valence-electron chi connectivity index (χ3n) is 6.01. The number of ether oxygens (including phenoxy) is 1. The molecule has 2 aliphatic heterocycles. The van der Waals surface area contributed by atoms with Crippen LogP contribution < -0.4 is 4.74 Å². The first kappa shape index (κ1) is 20.9. The molecular weight excluding hydrogens is 398 g/mol. The number of benzene rings is 1. The van der Waals surface area contributed by atoms with Crippen molar-refractivity contribution in [2.45, 2.75) is 31.8 Å². The Bertz CT molecular complexity index is 845. The van der Waals surface area contributed by atoms with Gasteiger partial charge in [0.2, 0.25) is 11.8 Å². The molecule has 0 radical (unpaired) electrons. The summed E-state index contributed by atoms with van der Waals surface area (Å²) in [4.78, 5) is 33.1. The highest BCUT2D eigenvalue weighted by atomic mass is 32.1. The molecule has 30 heavy (non-hydrogen) atoms. The summed E-state index contributed by atoms with van der Waals surface area (Å²) < 4.78 is 5.22. The van der Waals surface area contributed by atoms with Gasteiger partial charge < -0.3 is 14.5 Å². The van der Waals surface area contributed by atoms with Crippen molar-refractivity contribution in [2.75, 3.05) is 39.8 Å².